The van der Waals surface area contributed by atoms with Crippen LogP contribution in [0.4, 0.5) is 0 Å². The normalized spacial score (nSPS) is 11.0. The van der Waals surface area contributed by atoms with Crippen LogP contribution in [0.3, 0.4) is 0 Å². The number of hydrogen-bond donors (Lipinski definition) is 0. The third-order valence-electron chi connectivity index (χ3n) is 2.41. The summed E-state index contributed by atoms with van der Waals surface area (Å²) in [5.41, 5.74) is 2.14. The molecule has 3 nitrogen and oxygen atoms in total. The minimum absolute atomic E-state index is 0.394. The Bertz CT molecular complexity index is 463. The molecule has 0 radical (unpaired) electrons. The van der Waals surface area contributed by atoms with Gasteiger partial charge in [0.1, 0.15) is 12.1 Å². The Morgan fingerprint density at radius 2 is 2.19 bits per heavy atom. The Labute approximate surface area is 100 Å². The second kappa shape index (κ2) is 4.66. The molecule has 0 aliphatic heterocycles. The number of pyridine rings is 1. The van der Waals surface area contributed by atoms with E-state index in [2.05, 4.69) is 29.9 Å². The van der Waals surface area contributed by atoms with Crippen molar-refractivity contribution in [3.63, 3.8) is 0 Å². The van der Waals surface area contributed by atoms with E-state index in [0.717, 1.165) is 17.1 Å². The molecule has 0 saturated carbocycles. The van der Waals surface area contributed by atoms with Crippen LogP contribution in [0, 0.1) is 0 Å². The van der Waals surface area contributed by atoms with Gasteiger partial charge in [-0.25, -0.2) is 9.97 Å². The van der Waals surface area contributed by atoms with Gasteiger partial charge in [-0.05, 0) is 23.6 Å². The van der Waals surface area contributed by atoms with Gasteiger partial charge in [0.2, 0.25) is 0 Å². The van der Waals surface area contributed by atoms with Crippen LogP contribution in [0.5, 0.6) is 0 Å². The molecule has 2 aromatic rings. The number of rotatable bonds is 3. The van der Waals surface area contributed by atoms with Crippen LogP contribution in [0.25, 0.3) is 5.82 Å². The number of halogens is 1. The highest BCUT2D eigenvalue weighted by Gasteiger charge is 2.06. The first-order chi connectivity index (χ1) is 7.70. The van der Waals surface area contributed by atoms with Crippen LogP contribution in [0.1, 0.15) is 31.0 Å². The van der Waals surface area contributed by atoms with Crippen molar-refractivity contribution in [2.75, 3.05) is 0 Å². The van der Waals surface area contributed by atoms with Gasteiger partial charge in [-0.1, -0.05) is 13.8 Å². The topological polar surface area (TPSA) is 30.7 Å². The molecule has 4 heteroatoms. The predicted octanol–water partition coefficient (Wildman–Crippen LogP) is 3.13. The molecule has 0 atom stereocenters. The lowest BCUT2D eigenvalue weighted by Crippen LogP contribution is -2.01. The van der Waals surface area contributed by atoms with Crippen LogP contribution in [-0.4, -0.2) is 14.5 Å². The lowest BCUT2D eigenvalue weighted by molar-refractivity contribution is 0.806. The Balaban J connectivity index is 2.49. The number of imidazole rings is 1. The van der Waals surface area contributed by atoms with Crippen molar-refractivity contribution in [3.8, 4) is 5.82 Å². The van der Waals surface area contributed by atoms with E-state index in [1.165, 1.54) is 0 Å². The van der Waals surface area contributed by atoms with Crippen LogP contribution < -0.4 is 0 Å². The third-order valence-corrected chi connectivity index (χ3v) is 2.71. The molecule has 84 valence electrons. The number of nitrogens with zero attached hydrogens (tertiary/aromatic N) is 3. The fraction of sp³-hybridized carbons (Fsp3) is 0.333. The molecule has 0 N–H and O–H groups in total. The van der Waals surface area contributed by atoms with E-state index in [0.29, 0.717) is 11.8 Å². The fourth-order valence-electron chi connectivity index (χ4n) is 1.49. The fourth-order valence-corrected chi connectivity index (χ4v) is 1.65. The molecule has 0 fully saturated rings. The first-order valence-corrected chi connectivity index (χ1v) is 5.79. The van der Waals surface area contributed by atoms with Crippen molar-refractivity contribution in [3.05, 3.63) is 42.1 Å². The van der Waals surface area contributed by atoms with Crippen LogP contribution in [0.15, 0.2) is 30.9 Å². The molecule has 16 heavy (non-hydrogen) atoms. The minimum atomic E-state index is 0.394. The smallest absolute Gasteiger partial charge is 0.138 e. The highest BCUT2D eigenvalue weighted by molar-refractivity contribution is 6.17. The molecule has 0 spiro atoms. The quantitative estimate of drug-likeness (QED) is 0.766. The SMILES string of the molecule is CC(C)c1cc(CCl)cc(-n2ccnc2)n1. The molecule has 0 aliphatic rings. The van der Waals surface area contributed by atoms with Gasteiger partial charge in [0.25, 0.3) is 0 Å². The molecule has 2 heterocycles. The Morgan fingerprint density at radius 1 is 1.38 bits per heavy atom. The van der Waals surface area contributed by atoms with Gasteiger partial charge in [-0.2, -0.15) is 0 Å². The van der Waals surface area contributed by atoms with Gasteiger partial charge in [0.05, 0.1) is 0 Å². The highest BCUT2D eigenvalue weighted by atomic mass is 35.5. The van der Waals surface area contributed by atoms with Crippen LogP contribution in [-0.2, 0) is 5.88 Å². The van der Waals surface area contributed by atoms with E-state index in [1.54, 1.807) is 12.5 Å². The van der Waals surface area contributed by atoms with Gasteiger partial charge < -0.3 is 0 Å². The van der Waals surface area contributed by atoms with E-state index < -0.39 is 0 Å². The minimum Gasteiger partial charge on any atom is -0.291 e. The van der Waals surface area contributed by atoms with Crippen molar-refractivity contribution < 1.29 is 0 Å². The van der Waals surface area contributed by atoms with E-state index in [-0.39, 0.29) is 0 Å². The van der Waals surface area contributed by atoms with E-state index in [4.69, 9.17) is 11.6 Å². The number of alkyl halides is 1. The van der Waals surface area contributed by atoms with Gasteiger partial charge in [0, 0.05) is 24.0 Å². The zero-order valence-electron chi connectivity index (χ0n) is 9.39. The zero-order chi connectivity index (χ0) is 11.5. The summed E-state index contributed by atoms with van der Waals surface area (Å²) >= 11 is 5.88. The lowest BCUT2D eigenvalue weighted by Gasteiger charge is -2.10. The maximum absolute atomic E-state index is 5.88. The molecule has 0 amide bonds. The van der Waals surface area contributed by atoms with Crippen LogP contribution in [0.2, 0.25) is 0 Å². The van der Waals surface area contributed by atoms with Crippen molar-refractivity contribution in [1.29, 1.82) is 0 Å². The van der Waals surface area contributed by atoms with Gasteiger partial charge in [-0.3, -0.25) is 4.57 Å². The average Bonchev–Trinajstić information content (AvgIpc) is 2.81. The molecule has 0 aromatic carbocycles. The Hall–Kier alpha value is -1.35. The maximum atomic E-state index is 5.88. The summed E-state index contributed by atoms with van der Waals surface area (Å²) in [5.74, 6) is 1.77. The monoisotopic (exact) mass is 235 g/mol. The summed E-state index contributed by atoms with van der Waals surface area (Å²) in [6, 6.07) is 4.04. The largest absolute Gasteiger partial charge is 0.291 e. The molecule has 0 aliphatic carbocycles. The van der Waals surface area contributed by atoms with Gasteiger partial charge >= 0.3 is 0 Å². The van der Waals surface area contributed by atoms with Crippen molar-refractivity contribution in [2.24, 2.45) is 0 Å². The first-order valence-electron chi connectivity index (χ1n) is 5.26. The third kappa shape index (κ3) is 2.25. The summed E-state index contributed by atoms with van der Waals surface area (Å²) < 4.78 is 1.89. The second-order valence-corrected chi connectivity index (χ2v) is 4.28. The summed E-state index contributed by atoms with van der Waals surface area (Å²) in [4.78, 5) is 8.61. The molecule has 2 aromatic heterocycles. The summed E-state index contributed by atoms with van der Waals surface area (Å²) in [5, 5.41) is 0. The van der Waals surface area contributed by atoms with E-state index in [1.807, 2.05) is 16.8 Å². The van der Waals surface area contributed by atoms with E-state index >= 15 is 0 Å². The van der Waals surface area contributed by atoms with Crippen LogP contribution >= 0.6 is 11.6 Å². The van der Waals surface area contributed by atoms with Crippen molar-refractivity contribution in [2.45, 2.75) is 25.6 Å². The predicted molar refractivity (Wildman–Crippen MR) is 65.0 cm³/mol. The zero-order valence-corrected chi connectivity index (χ0v) is 10.1. The molecular formula is C12H14ClN3. The molecule has 0 saturated heterocycles. The number of hydrogen-bond acceptors (Lipinski definition) is 2. The maximum Gasteiger partial charge on any atom is 0.138 e. The van der Waals surface area contributed by atoms with Gasteiger partial charge in [-0.15, -0.1) is 11.6 Å². The molecule has 0 unspecified atom stereocenters. The average molecular weight is 236 g/mol. The summed E-state index contributed by atoms with van der Waals surface area (Å²) in [6.07, 6.45) is 5.36. The van der Waals surface area contributed by atoms with Crippen molar-refractivity contribution >= 4 is 11.6 Å². The standard InChI is InChI=1S/C12H14ClN3/c1-9(2)11-5-10(7-13)6-12(15-11)16-4-3-14-8-16/h3-6,8-9H,7H2,1-2H3. The van der Waals surface area contributed by atoms with E-state index in [9.17, 15) is 0 Å². The van der Waals surface area contributed by atoms with Gasteiger partial charge in [0.15, 0.2) is 0 Å². The highest BCUT2D eigenvalue weighted by Crippen LogP contribution is 2.18. The number of aromatic nitrogens is 3. The van der Waals surface area contributed by atoms with Crippen molar-refractivity contribution in [1.82, 2.24) is 14.5 Å². The Morgan fingerprint density at radius 3 is 2.75 bits per heavy atom. The molecule has 2 rings (SSSR count). The molecular weight excluding hydrogens is 222 g/mol. The lowest BCUT2D eigenvalue weighted by atomic mass is 10.1. The Kier molecular flexibility index (Phi) is 3.25. The first kappa shape index (κ1) is 11.1. The molecule has 0 bridgehead atoms. The summed E-state index contributed by atoms with van der Waals surface area (Å²) in [6.45, 7) is 4.25. The summed E-state index contributed by atoms with van der Waals surface area (Å²) in [7, 11) is 0. The second-order valence-electron chi connectivity index (χ2n) is 4.02.